The number of rotatable bonds is 4. The highest BCUT2D eigenvalue weighted by Gasteiger charge is 2.42. The molecule has 2 saturated heterocycles. The Bertz CT molecular complexity index is 516. The first-order valence-corrected chi connectivity index (χ1v) is 7.23. The molecule has 6 nitrogen and oxygen atoms in total. The number of thiazole rings is 1. The van der Waals surface area contributed by atoms with Gasteiger partial charge >= 0.3 is 5.97 Å². The summed E-state index contributed by atoms with van der Waals surface area (Å²) < 4.78 is 0. The molecule has 2 aliphatic heterocycles. The minimum atomic E-state index is -1.04. The van der Waals surface area contributed by atoms with Gasteiger partial charge in [0.05, 0.1) is 12.5 Å². The summed E-state index contributed by atoms with van der Waals surface area (Å²) in [5.41, 5.74) is 0.0378. The molecule has 3 rings (SSSR count). The predicted molar refractivity (Wildman–Crippen MR) is 69.0 cm³/mol. The highest BCUT2D eigenvalue weighted by Crippen LogP contribution is 2.33. The van der Waals surface area contributed by atoms with Crippen LogP contribution in [-0.2, 0) is 11.3 Å². The average Bonchev–Trinajstić information content (AvgIpc) is 3.11. The molecular formula is C12H15N3O3S. The molecule has 1 amide bonds. The molecule has 1 aromatic heterocycles. The van der Waals surface area contributed by atoms with Gasteiger partial charge in [0.25, 0.3) is 0 Å². The van der Waals surface area contributed by atoms with Crippen LogP contribution in [0.2, 0.25) is 0 Å². The molecule has 0 aromatic carbocycles. The Morgan fingerprint density at radius 1 is 1.53 bits per heavy atom. The van der Waals surface area contributed by atoms with Crippen molar-refractivity contribution in [3.63, 3.8) is 0 Å². The molecule has 1 aromatic rings. The van der Waals surface area contributed by atoms with Crippen LogP contribution in [0.1, 0.15) is 34.8 Å². The van der Waals surface area contributed by atoms with Gasteiger partial charge in [0.2, 0.25) is 5.91 Å². The topological polar surface area (TPSA) is 91.3 Å². The van der Waals surface area contributed by atoms with Crippen LogP contribution in [0.3, 0.4) is 0 Å². The molecule has 0 spiro atoms. The summed E-state index contributed by atoms with van der Waals surface area (Å²) in [5.74, 6) is -0.935. The molecule has 3 atom stereocenters. The van der Waals surface area contributed by atoms with E-state index in [1.807, 2.05) is 0 Å². The van der Waals surface area contributed by atoms with Gasteiger partial charge in [-0.3, -0.25) is 4.79 Å². The van der Waals surface area contributed by atoms with Crippen LogP contribution in [0.15, 0.2) is 5.38 Å². The molecule has 2 fully saturated rings. The summed E-state index contributed by atoms with van der Waals surface area (Å²) in [4.78, 5) is 26.7. The van der Waals surface area contributed by atoms with Crippen LogP contribution in [0.25, 0.3) is 0 Å². The van der Waals surface area contributed by atoms with E-state index in [1.54, 1.807) is 0 Å². The Labute approximate surface area is 114 Å². The molecule has 3 N–H and O–H groups in total. The fraction of sp³-hybridized carbons (Fsp3) is 0.583. The summed E-state index contributed by atoms with van der Waals surface area (Å²) in [6.07, 6.45) is 3.15. The van der Waals surface area contributed by atoms with Crippen molar-refractivity contribution in [2.75, 3.05) is 0 Å². The average molecular weight is 281 g/mol. The van der Waals surface area contributed by atoms with Gasteiger partial charge < -0.3 is 15.7 Å². The molecule has 2 bridgehead atoms. The largest absolute Gasteiger partial charge is 0.476 e. The van der Waals surface area contributed by atoms with Gasteiger partial charge in [0.15, 0.2) is 5.69 Å². The van der Waals surface area contributed by atoms with E-state index >= 15 is 0 Å². The summed E-state index contributed by atoms with van der Waals surface area (Å²) >= 11 is 1.26. The zero-order chi connectivity index (χ0) is 13.4. The number of carbonyl (C=O) groups is 2. The highest BCUT2D eigenvalue weighted by atomic mass is 32.1. The SMILES string of the molecule is O=C(O)c1csc(CNC(=O)C2CC3CCC2N3)n1. The Balaban J connectivity index is 1.54. The number of carboxylic acids is 1. The first kappa shape index (κ1) is 12.6. The molecular weight excluding hydrogens is 266 g/mol. The Morgan fingerprint density at radius 3 is 2.95 bits per heavy atom. The summed E-state index contributed by atoms with van der Waals surface area (Å²) in [5, 5.41) is 17.2. The molecule has 7 heteroatoms. The summed E-state index contributed by atoms with van der Waals surface area (Å²) in [7, 11) is 0. The van der Waals surface area contributed by atoms with Gasteiger partial charge in [0.1, 0.15) is 5.01 Å². The third-order valence-electron chi connectivity index (χ3n) is 3.82. The minimum absolute atomic E-state index is 0.0378. The summed E-state index contributed by atoms with van der Waals surface area (Å²) in [6.45, 7) is 0.310. The number of carboxylic acid groups (broad SMARTS) is 1. The first-order valence-electron chi connectivity index (χ1n) is 6.35. The maximum absolute atomic E-state index is 12.1. The predicted octanol–water partition coefficient (Wildman–Crippen LogP) is 0.598. The molecule has 102 valence electrons. The quantitative estimate of drug-likeness (QED) is 0.751. The fourth-order valence-corrected chi connectivity index (χ4v) is 3.61. The number of nitrogens with one attached hydrogen (secondary N) is 2. The lowest BCUT2D eigenvalue weighted by Crippen LogP contribution is -2.37. The minimum Gasteiger partial charge on any atom is -0.476 e. The molecule has 2 aliphatic rings. The van der Waals surface area contributed by atoms with Crippen LogP contribution in [0.5, 0.6) is 0 Å². The molecule has 0 aliphatic carbocycles. The van der Waals surface area contributed by atoms with Gasteiger partial charge in [0, 0.05) is 17.5 Å². The lowest BCUT2D eigenvalue weighted by Gasteiger charge is -2.18. The van der Waals surface area contributed by atoms with E-state index in [9.17, 15) is 9.59 Å². The van der Waals surface area contributed by atoms with E-state index in [4.69, 9.17) is 5.11 Å². The smallest absolute Gasteiger partial charge is 0.355 e. The molecule has 0 saturated carbocycles. The Kier molecular flexibility index (Phi) is 3.24. The van der Waals surface area contributed by atoms with Crippen LogP contribution in [0, 0.1) is 5.92 Å². The van der Waals surface area contributed by atoms with Crippen molar-refractivity contribution < 1.29 is 14.7 Å². The van der Waals surface area contributed by atoms with Crippen LogP contribution < -0.4 is 10.6 Å². The molecule has 0 radical (unpaired) electrons. The van der Waals surface area contributed by atoms with Crippen molar-refractivity contribution in [2.45, 2.75) is 37.9 Å². The standard InChI is InChI=1S/C12H15N3O3S/c16-11(7-3-6-1-2-8(7)14-6)13-4-10-15-9(5-19-10)12(17)18/h5-8,14H,1-4H2,(H,13,16)(H,17,18). The van der Waals surface area contributed by atoms with E-state index in [2.05, 4.69) is 15.6 Å². The third kappa shape index (κ3) is 2.48. The number of aromatic nitrogens is 1. The van der Waals surface area contributed by atoms with E-state index in [-0.39, 0.29) is 17.5 Å². The van der Waals surface area contributed by atoms with Crippen molar-refractivity contribution in [2.24, 2.45) is 5.92 Å². The number of amides is 1. The monoisotopic (exact) mass is 281 g/mol. The van der Waals surface area contributed by atoms with Gasteiger partial charge in [-0.05, 0) is 19.3 Å². The van der Waals surface area contributed by atoms with Crippen molar-refractivity contribution in [1.82, 2.24) is 15.6 Å². The normalized spacial score (nSPS) is 28.5. The Morgan fingerprint density at radius 2 is 2.37 bits per heavy atom. The van der Waals surface area contributed by atoms with Crippen LogP contribution in [-0.4, -0.2) is 34.1 Å². The second-order valence-corrected chi connectivity index (χ2v) is 5.98. The van der Waals surface area contributed by atoms with Gasteiger partial charge in [-0.1, -0.05) is 0 Å². The number of hydrogen-bond acceptors (Lipinski definition) is 5. The van der Waals surface area contributed by atoms with Crippen LogP contribution >= 0.6 is 11.3 Å². The second kappa shape index (κ2) is 4.90. The molecule has 3 heterocycles. The lowest BCUT2D eigenvalue weighted by atomic mass is 9.88. The number of hydrogen-bond donors (Lipinski definition) is 3. The highest BCUT2D eigenvalue weighted by molar-refractivity contribution is 7.09. The third-order valence-corrected chi connectivity index (χ3v) is 4.67. The maximum Gasteiger partial charge on any atom is 0.355 e. The Hall–Kier alpha value is -1.47. The zero-order valence-electron chi connectivity index (χ0n) is 10.3. The number of fused-ring (bicyclic) bond motifs is 2. The fourth-order valence-electron chi connectivity index (χ4n) is 2.90. The van der Waals surface area contributed by atoms with E-state index in [1.165, 1.54) is 23.1 Å². The van der Waals surface area contributed by atoms with Crippen molar-refractivity contribution in [1.29, 1.82) is 0 Å². The second-order valence-electron chi connectivity index (χ2n) is 5.04. The lowest BCUT2D eigenvalue weighted by molar-refractivity contribution is -0.125. The van der Waals surface area contributed by atoms with E-state index in [0.29, 0.717) is 23.6 Å². The van der Waals surface area contributed by atoms with Gasteiger partial charge in [-0.2, -0.15) is 0 Å². The molecule has 19 heavy (non-hydrogen) atoms. The summed E-state index contributed by atoms with van der Waals surface area (Å²) in [6, 6.07) is 0.815. The first-order chi connectivity index (χ1) is 9.13. The zero-order valence-corrected chi connectivity index (χ0v) is 11.1. The van der Waals surface area contributed by atoms with Crippen molar-refractivity contribution >= 4 is 23.2 Å². The van der Waals surface area contributed by atoms with Crippen LogP contribution in [0.4, 0.5) is 0 Å². The van der Waals surface area contributed by atoms with Crippen molar-refractivity contribution in [3.05, 3.63) is 16.1 Å². The number of nitrogens with zero attached hydrogens (tertiary/aromatic N) is 1. The van der Waals surface area contributed by atoms with Gasteiger partial charge in [-0.25, -0.2) is 9.78 Å². The van der Waals surface area contributed by atoms with Gasteiger partial charge in [-0.15, -0.1) is 11.3 Å². The maximum atomic E-state index is 12.1. The van der Waals surface area contributed by atoms with Crippen molar-refractivity contribution in [3.8, 4) is 0 Å². The van der Waals surface area contributed by atoms with E-state index < -0.39 is 5.97 Å². The number of aromatic carboxylic acids is 1. The van der Waals surface area contributed by atoms with E-state index in [0.717, 1.165) is 12.8 Å². The number of carbonyl (C=O) groups excluding carboxylic acids is 1. The molecule has 3 unspecified atom stereocenters.